The Morgan fingerprint density at radius 2 is 2.21 bits per heavy atom. The smallest absolute Gasteiger partial charge is 0.276 e. The van der Waals surface area contributed by atoms with Gasteiger partial charge in [0.2, 0.25) is 0 Å². The minimum absolute atomic E-state index is 0.173. The number of anilines is 1. The van der Waals surface area contributed by atoms with Crippen molar-refractivity contribution >= 4 is 27.5 Å². The summed E-state index contributed by atoms with van der Waals surface area (Å²) in [5.74, 6) is 0.400. The maximum absolute atomic E-state index is 12.1. The first kappa shape index (κ1) is 12.4. The first-order chi connectivity index (χ1) is 9.13. The summed E-state index contributed by atoms with van der Waals surface area (Å²) < 4.78 is 0.999. The molecule has 0 aliphatic heterocycles. The molecule has 4 nitrogen and oxygen atoms in total. The molecule has 0 unspecified atom stereocenters. The quantitative estimate of drug-likeness (QED) is 0.907. The molecule has 1 aliphatic rings. The number of benzene rings is 1. The molecule has 1 aromatic heterocycles. The lowest BCUT2D eigenvalue weighted by Crippen LogP contribution is -2.13. The maximum atomic E-state index is 12.1. The normalized spacial score (nSPS) is 14.4. The van der Waals surface area contributed by atoms with Crippen molar-refractivity contribution in [2.75, 3.05) is 5.32 Å². The van der Waals surface area contributed by atoms with Crippen molar-refractivity contribution in [1.29, 1.82) is 0 Å². The molecule has 1 saturated carbocycles. The van der Waals surface area contributed by atoms with Crippen LogP contribution in [-0.2, 0) is 0 Å². The summed E-state index contributed by atoms with van der Waals surface area (Å²) in [5, 5.41) is 9.90. The van der Waals surface area contributed by atoms with Gasteiger partial charge in [0.1, 0.15) is 0 Å². The van der Waals surface area contributed by atoms with Crippen LogP contribution in [0.4, 0.5) is 5.69 Å². The fourth-order valence-electron chi connectivity index (χ4n) is 2.01. The molecule has 1 amide bonds. The lowest BCUT2D eigenvalue weighted by atomic mass is 10.2. The molecule has 5 heteroatoms. The highest BCUT2D eigenvalue weighted by Gasteiger charge is 2.26. The molecular formula is C14H14BrN3O. The fourth-order valence-corrected chi connectivity index (χ4v) is 2.49. The average molecular weight is 320 g/mol. The molecule has 0 spiro atoms. The largest absolute Gasteiger partial charge is 0.320 e. The molecule has 0 radical (unpaired) electrons. The van der Waals surface area contributed by atoms with Gasteiger partial charge in [0.25, 0.3) is 5.91 Å². The van der Waals surface area contributed by atoms with Gasteiger partial charge >= 0.3 is 0 Å². The Bertz CT molecular complexity index is 631. The van der Waals surface area contributed by atoms with E-state index in [9.17, 15) is 4.79 Å². The summed E-state index contributed by atoms with van der Waals surface area (Å²) in [7, 11) is 0. The van der Waals surface area contributed by atoms with Crippen LogP contribution in [-0.4, -0.2) is 16.1 Å². The number of nitrogens with zero attached hydrogens (tertiary/aromatic N) is 1. The Morgan fingerprint density at radius 1 is 1.42 bits per heavy atom. The standard InChI is InChI=1S/C14H14BrN3O/c1-8-6-10(15)4-5-11(8)16-14(19)13-7-12(17-18-13)9-2-3-9/h4-7,9H,2-3H2,1H3,(H,16,19)(H,17,18). The van der Waals surface area contributed by atoms with Crippen LogP contribution in [0.1, 0.15) is 40.5 Å². The molecule has 1 fully saturated rings. The van der Waals surface area contributed by atoms with Crippen molar-refractivity contribution < 1.29 is 4.79 Å². The van der Waals surface area contributed by atoms with Crippen LogP contribution in [0.3, 0.4) is 0 Å². The molecule has 0 saturated heterocycles. The second kappa shape index (κ2) is 4.81. The van der Waals surface area contributed by atoms with Gasteiger partial charge < -0.3 is 5.32 Å². The second-order valence-corrected chi connectivity index (χ2v) is 5.81. The predicted molar refractivity (Wildman–Crippen MR) is 77.4 cm³/mol. The highest BCUT2D eigenvalue weighted by molar-refractivity contribution is 9.10. The number of H-pyrrole nitrogens is 1. The third kappa shape index (κ3) is 2.71. The van der Waals surface area contributed by atoms with Crippen molar-refractivity contribution in [2.45, 2.75) is 25.7 Å². The van der Waals surface area contributed by atoms with E-state index < -0.39 is 0 Å². The van der Waals surface area contributed by atoms with E-state index in [1.165, 1.54) is 12.8 Å². The van der Waals surface area contributed by atoms with Gasteiger partial charge in [-0.1, -0.05) is 15.9 Å². The molecule has 0 bridgehead atoms. The van der Waals surface area contributed by atoms with Crippen molar-refractivity contribution in [3.8, 4) is 0 Å². The zero-order chi connectivity index (χ0) is 13.4. The molecular weight excluding hydrogens is 306 g/mol. The SMILES string of the molecule is Cc1cc(Br)ccc1NC(=O)c1cc(C2CC2)[nH]n1. The van der Waals surface area contributed by atoms with Gasteiger partial charge in [0, 0.05) is 21.8 Å². The average Bonchev–Trinajstić information content (AvgIpc) is 3.10. The van der Waals surface area contributed by atoms with E-state index in [-0.39, 0.29) is 5.91 Å². The number of hydrogen-bond acceptors (Lipinski definition) is 2. The van der Waals surface area contributed by atoms with Crippen molar-refractivity contribution in [1.82, 2.24) is 10.2 Å². The van der Waals surface area contributed by atoms with Gasteiger partial charge in [-0.25, -0.2) is 0 Å². The Kier molecular flexibility index (Phi) is 3.14. The minimum Gasteiger partial charge on any atom is -0.320 e. The summed E-state index contributed by atoms with van der Waals surface area (Å²) >= 11 is 3.40. The zero-order valence-corrected chi connectivity index (χ0v) is 12.1. The lowest BCUT2D eigenvalue weighted by molar-refractivity contribution is 0.102. The first-order valence-corrected chi connectivity index (χ1v) is 7.05. The number of hydrogen-bond donors (Lipinski definition) is 2. The summed E-state index contributed by atoms with van der Waals surface area (Å²) in [6, 6.07) is 7.60. The van der Waals surface area contributed by atoms with Gasteiger partial charge in [-0.05, 0) is 49.6 Å². The summed E-state index contributed by atoms with van der Waals surface area (Å²) in [4.78, 5) is 12.1. The van der Waals surface area contributed by atoms with E-state index >= 15 is 0 Å². The van der Waals surface area contributed by atoms with E-state index in [2.05, 4.69) is 31.4 Å². The fraction of sp³-hybridized carbons (Fsp3) is 0.286. The maximum Gasteiger partial charge on any atom is 0.276 e. The number of amides is 1. The molecule has 2 aromatic rings. The van der Waals surface area contributed by atoms with Gasteiger partial charge in [-0.2, -0.15) is 5.10 Å². The Labute approximate surface area is 119 Å². The number of aryl methyl sites for hydroxylation is 1. The number of nitrogens with one attached hydrogen (secondary N) is 2. The summed E-state index contributed by atoms with van der Waals surface area (Å²) in [6.45, 7) is 1.96. The minimum atomic E-state index is -0.173. The number of halogens is 1. The second-order valence-electron chi connectivity index (χ2n) is 4.90. The van der Waals surface area contributed by atoms with Crippen LogP contribution in [0, 0.1) is 6.92 Å². The number of aromatic nitrogens is 2. The highest BCUT2D eigenvalue weighted by atomic mass is 79.9. The Hall–Kier alpha value is -1.62. The molecule has 2 N–H and O–H groups in total. The van der Waals surface area contributed by atoms with Crippen LogP contribution >= 0.6 is 15.9 Å². The third-order valence-electron chi connectivity index (χ3n) is 3.28. The van der Waals surface area contributed by atoms with E-state index in [1.807, 2.05) is 31.2 Å². The Morgan fingerprint density at radius 3 is 2.89 bits per heavy atom. The van der Waals surface area contributed by atoms with Crippen molar-refractivity contribution in [2.24, 2.45) is 0 Å². The van der Waals surface area contributed by atoms with Gasteiger partial charge in [-0.15, -0.1) is 0 Å². The van der Waals surface area contributed by atoms with Gasteiger partial charge in [-0.3, -0.25) is 9.89 Å². The third-order valence-corrected chi connectivity index (χ3v) is 3.78. The topological polar surface area (TPSA) is 57.8 Å². The predicted octanol–water partition coefficient (Wildman–Crippen LogP) is 3.61. The monoisotopic (exact) mass is 319 g/mol. The van der Waals surface area contributed by atoms with E-state index in [0.29, 0.717) is 11.6 Å². The van der Waals surface area contributed by atoms with Gasteiger partial charge in [0.15, 0.2) is 5.69 Å². The van der Waals surface area contributed by atoms with Crippen LogP contribution in [0.2, 0.25) is 0 Å². The van der Waals surface area contributed by atoms with Crippen LogP contribution in [0.15, 0.2) is 28.7 Å². The van der Waals surface area contributed by atoms with Crippen LogP contribution in [0.5, 0.6) is 0 Å². The molecule has 1 aliphatic carbocycles. The zero-order valence-electron chi connectivity index (χ0n) is 10.5. The molecule has 1 aromatic carbocycles. The van der Waals surface area contributed by atoms with E-state index in [4.69, 9.17) is 0 Å². The molecule has 1 heterocycles. The summed E-state index contributed by atoms with van der Waals surface area (Å²) in [5.41, 5.74) is 3.34. The number of carbonyl (C=O) groups excluding carboxylic acids is 1. The number of rotatable bonds is 3. The van der Waals surface area contributed by atoms with Crippen LogP contribution in [0.25, 0.3) is 0 Å². The first-order valence-electron chi connectivity index (χ1n) is 6.26. The lowest BCUT2D eigenvalue weighted by Gasteiger charge is -2.07. The molecule has 3 rings (SSSR count). The van der Waals surface area contributed by atoms with Crippen molar-refractivity contribution in [3.05, 3.63) is 45.7 Å². The molecule has 98 valence electrons. The highest BCUT2D eigenvalue weighted by Crippen LogP contribution is 2.39. The Balaban J connectivity index is 1.76. The summed E-state index contributed by atoms with van der Waals surface area (Å²) in [6.07, 6.45) is 2.38. The van der Waals surface area contributed by atoms with E-state index in [1.54, 1.807) is 0 Å². The van der Waals surface area contributed by atoms with E-state index in [0.717, 1.165) is 21.4 Å². The van der Waals surface area contributed by atoms with Crippen LogP contribution < -0.4 is 5.32 Å². The molecule has 19 heavy (non-hydrogen) atoms. The molecule has 0 atom stereocenters. The van der Waals surface area contributed by atoms with Gasteiger partial charge in [0.05, 0.1) is 0 Å². The number of aromatic amines is 1. The van der Waals surface area contributed by atoms with Crippen molar-refractivity contribution in [3.63, 3.8) is 0 Å². The number of carbonyl (C=O) groups is 1.